The standard InChI is InChI=1S/C23H37N3O3S/c1-18-8-9-21(16-19(18)2)30(28,29)26-14-10-20(11-15-26)22(27)24-17-23(25(3)4)12-6-5-7-13-23/h8-9,16,20H,5-7,10-15,17H2,1-4H3,(H,24,27). The van der Waals surface area contributed by atoms with Gasteiger partial charge in [-0.2, -0.15) is 4.31 Å². The van der Waals surface area contributed by atoms with Gasteiger partial charge in [-0.3, -0.25) is 4.79 Å². The molecule has 1 heterocycles. The van der Waals surface area contributed by atoms with Crippen LogP contribution in [0.5, 0.6) is 0 Å². The van der Waals surface area contributed by atoms with E-state index in [1.54, 1.807) is 12.1 Å². The number of nitrogens with zero attached hydrogens (tertiary/aromatic N) is 2. The molecule has 7 heteroatoms. The van der Waals surface area contributed by atoms with E-state index in [1.165, 1.54) is 23.6 Å². The Labute approximate surface area is 182 Å². The van der Waals surface area contributed by atoms with Crippen molar-refractivity contribution >= 4 is 15.9 Å². The molecule has 1 aromatic rings. The maximum Gasteiger partial charge on any atom is 0.243 e. The fraction of sp³-hybridized carbons (Fsp3) is 0.696. The van der Waals surface area contributed by atoms with Crippen LogP contribution in [0.2, 0.25) is 0 Å². The molecule has 1 aliphatic heterocycles. The van der Waals surface area contributed by atoms with Crippen molar-refractivity contribution in [3.63, 3.8) is 0 Å². The van der Waals surface area contributed by atoms with Crippen molar-refractivity contribution in [2.45, 2.75) is 69.2 Å². The van der Waals surface area contributed by atoms with Crippen LogP contribution >= 0.6 is 0 Å². The third kappa shape index (κ3) is 4.89. The van der Waals surface area contributed by atoms with Crippen LogP contribution in [0.3, 0.4) is 0 Å². The van der Waals surface area contributed by atoms with E-state index in [0.29, 0.717) is 37.4 Å². The monoisotopic (exact) mass is 435 g/mol. The van der Waals surface area contributed by atoms with E-state index in [0.717, 1.165) is 24.0 Å². The minimum absolute atomic E-state index is 0.0568. The second kappa shape index (κ2) is 9.37. The summed E-state index contributed by atoms with van der Waals surface area (Å²) in [4.78, 5) is 15.4. The first kappa shape index (κ1) is 23.2. The number of sulfonamides is 1. The number of piperidine rings is 1. The van der Waals surface area contributed by atoms with Crippen LogP contribution in [0, 0.1) is 19.8 Å². The third-order valence-electron chi connectivity index (χ3n) is 7.27. The number of rotatable bonds is 6. The van der Waals surface area contributed by atoms with Crippen LogP contribution < -0.4 is 5.32 Å². The molecule has 2 aliphatic rings. The summed E-state index contributed by atoms with van der Waals surface area (Å²) < 4.78 is 27.5. The summed E-state index contributed by atoms with van der Waals surface area (Å²) in [5.41, 5.74) is 2.11. The number of benzene rings is 1. The molecule has 0 unspecified atom stereocenters. The fourth-order valence-corrected chi connectivity index (χ4v) is 6.33. The quantitative estimate of drug-likeness (QED) is 0.746. The Morgan fingerprint density at radius 2 is 1.73 bits per heavy atom. The van der Waals surface area contributed by atoms with Crippen molar-refractivity contribution in [3.05, 3.63) is 29.3 Å². The molecule has 1 aliphatic carbocycles. The van der Waals surface area contributed by atoms with Gasteiger partial charge < -0.3 is 10.2 Å². The first-order chi connectivity index (χ1) is 14.2. The van der Waals surface area contributed by atoms with Crippen molar-refractivity contribution in [1.82, 2.24) is 14.5 Å². The van der Waals surface area contributed by atoms with E-state index < -0.39 is 10.0 Å². The van der Waals surface area contributed by atoms with Crippen LogP contribution in [0.1, 0.15) is 56.1 Å². The van der Waals surface area contributed by atoms with Crippen LogP contribution in [0.25, 0.3) is 0 Å². The average Bonchev–Trinajstić information content (AvgIpc) is 2.74. The van der Waals surface area contributed by atoms with Crippen LogP contribution in [0.4, 0.5) is 0 Å². The van der Waals surface area contributed by atoms with Gasteiger partial charge in [0.1, 0.15) is 0 Å². The Morgan fingerprint density at radius 3 is 2.30 bits per heavy atom. The molecule has 0 radical (unpaired) electrons. The highest BCUT2D eigenvalue weighted by Gasteiger charge is 2.36. The van der Waals surface area contributed by atoms with E-state index >= 15 is 0 Å². The molecule has 0 aromatic heterocycles. The van der Waals surface area contributed by atoms with Gasteiger partial charge in [0.2, 0.25) is 15.9 Å². The molecule has 6 nitrogen and oxygen atoms in total. The zero-order chi connectivity index (χ0) is 21.9. The number of likely N-dealkylation sites (N-methyl/N-ethyl adjacent to an activating group) is 1. The second-order valence-electron chi connectivity index (χ2n) is 9.32. The van der Waals surface area contributed by atoms with E-state index in [4.69, 9.17) is 0 Å². The van der Waals surface area contributed by atoms with Crippen LogP contribution in [0.15, 0.2) is 23.1 Å². The Bertz CT molecular complexity index is 852. The van der Waals surface area contributed by atoms with Gasteiger partial charge in [0.15, 0.2) is 0 Å². The lowest BCUT2D eigenvalue weighted by atomic mass is 9.80. The van der Waals surface area contributed by atoms with E-state index in [-0.39, 0.29) is 17.4 Å². The van der Waals surface area contributed by atoms with Crippen molar-refractivity contribution in [2.75, 3.05) is 33.7 Å². The zero-order valence-corrected chi connectivity index (χ0v) is 19.7. The molecule has 2 fully saturated rings. The Kier molecular flexibility index (Phi) is 7.25. The average molecular weight is 436 g/mol. The van der Waals surface area contributed by atoms with Crippen molar-refractivity contribution in [1.29, 1.82) is 0 Å². The molecule has 1 N–H and O–H groups in total. The van der Waals surface area contributed by atoms with Gasteiger partial charge >= 0.3 is 0 Å². The molecular weight excluding hydrogens is 398 g/mol. The number of nitrogens with one attached hydrogen (secondary N) is 1. The van der Waals surface area contributed by atoms with E-state index in [9.17, 15) is 13.2 Å². The van der Waals surface area contributed by atoms with Gasteiger partial charge in [0, 0.05) is 31.1 Å². The summed E-state index contributed by atoms with van der Waals surface area (Å²) in [7, 11) is 0.704. The molecule has 0 bridgehead atoms. The molecular formula is C23H37N3O3S. The van der Waals surface area contributed by atoms with Crippen LogP contribution in [-0.4, -0.2) is 62.8 Å². The molecule has 0 spiro atoms. The number of hydrogen-bond donors (Lipinski definition) is 1. The van der Waals surface area contributed by atoms with E-state index in [1.807, 2.05) is 19.9 Å². The van der Waals surface area contributed by atoms with Crippen LogP contribution in [-0.2, 0) is 14.8 Å². The minimum Gasteiger partial charge on any atom is -0.354 e. The lowest BCUT2D eigenvalue weighted by molar-refractivity contribution is -0.126. The van der Waals surface area contributed by atoms with Gasteiger partial charge in [-0.25, -0.2) is 8.42 Å². The van der Waals surface area contributed by atoms with Gasteiger partial charge in [-0.1, -0.05) is 25.3 Å². The Balaban J connectivity index is 1.57. The smallest absolute Gasteiger partial charge is 0.243 e. The lowest BCUT2D eigenvalue weighted by Gasteiger charge is -2.43. The molecule has 3 rings (SSSR count). The zero-order valence-electron chi connectivity index (χ0n) is 18.9. The first-order valence-corrected chi connectivity index (χ1v) is 12.6. The number of carbonyl (C=O) groups is 1. The number of carbonyl (C=O) groups excluding carboxylic acids is 1. The highest BCUT2D eigenvalue weighted by atomic mass is 32.2. The summed E-state index contributed by atoms with van der Waals surface area (Å²) in [5, 5.41) is 3.19. The highest BCUT2D eigenvalue weighted by molar-refractivity contribution is 7.89. The summed E-state index contributed by atoms with van der Waals surface area (Å²) in [6.07, 6.45) is 7.08. The predicted octanol–water partition coefficient (Wildman–Crippen LogP) is 3.08. The summed E-state index contributed by atoms with van der Waals surface area (Å²) >= 11 is 0. The maximum absolute atomic E-state index is 13.0. The molecule has 1 amide bonds. The number of amides is 1. The summed E-state index contributed by atoms with van der Waals surface area (Å²) in [5.74, 6) is -0.0379. The predicted molar refractivity (Wildman–Crippen MR) is 120 cm³/mol. The van der Waals surface area contributed by atoms with Crippen molar-refractivity contribution in [3.8, 4) is 0 Å². The third-order valence-corrected chi connectivity index (χ3v) is 9.16. The number of aryl methyl sites for hydroxylation is 2. The Hall–Kier alpha value is -1.44. The first-order valence-electron chi connectivity index (χ1n) is 11.2. The minimum atomic E-state index is -3.51. The summed E-state index contributed by atoms with van der Waals surface area (Å²) in [6.45, 7) is 5.37. The molecule has 1 saturated heterocycles. The molecule has 30 heavy (non-hydrogen) atoms. The maximum atomic E-state index is 13.0. The molecule has 168 valence electrons. The molecule has 1 saturated carbocycles. The number of hydrogen-bond acceptors (Lipinski definition) is 4. The molecule has 0 atom stereocenters. The van der Waals surface area contributed by atoms with Gasteiger partial charge in [-0.05, 0) is 76.9 Å². The summed E-state index contributed by atoms with van der Waals surface area (Å²) in [6, 6.07) is 5.28. The largest absolute Gasteiger partial charge is 0.354 e. The fourth-order valence-electron chi connectivity index (χ4n) is 4.77. The van der Waals surface area contributed by atoms with Gasteiger partial charge in [0.05, 0.1) is 4.90 Å². The highest BCUT2D eigenvalue weighted by Crippen LogP contribution is 2.32. The van der Waals surface area contributed by atoms with E-state index in [2.05, 4.69) is 24.3 Å². The van der Waals surface area contributed by atoms with Crippen molar-refractivity contribution < 1.29 is 13.2 Å². The van der Waals surface area contributed by atoms with Gasteiger partial charge in [-0.15, -0.1) is 0 Å². The van der Waals surface area contributed by atoms with Crippen molar-refractivity contribution in [2.24, 2.45) is 5.92 Å². The topological polar surface area (TPSA) is 69.7 Å². The van der Waals surface area contributed by atoms with Gasteiger partial charge in [0.25, 0.3) is 0 Å². The lowest BCUT2D eigenvalue weighted by Crippen LogP contribution is -2.55. The second-order valence-corrected chi connectivity index (χ2v) is 11.3. The normalized spacial score (nSPS) is 21.0. The Morgan fingerprint density at radius 1 is 1.10 bits per heavy atom. The molecule has 1 aromatic carbocycles. The SMILES string of the molecule is Cc1ccc(S(=O)(=O)N2CCC(C(=O)NCC3(N(C)C)CCCCC3)CC2)cc1C.